The summed E-state index contributed by atoms with van der Waals surface area (Å²) >= 11 is 11.7. The molecule has 0 bridgehead atoms. The number of carbonyl (C=O) groups excluding carboxylic acids is 1. The first-order valence-corrected chi connectivity index (χ1v) is 6.92. The zero-order chi connectivity index (χ0) is 15.1. The van der Waals surface area contributed by atoms with Crippen molar-refractivity contribution in [3.8, 4) is 6.07 Å². The van der Waals surface area contributed by atoms with E-state index in [2.05, 4.69) is 0 Å². The van der Waals surface area contributed by atoms with Crippen LogP contribution in [0.5, 0.6) is 0 Å². The fraction of sp³-hybridized carbons (Fsp3) is 0.429. The first kappa shape index (κ1) is 16.9. The highest BCUT2D eigenvalue weighted by Crippen LogP contribution is 2.27. The van der Waals surface area contributed by atoms with Crippen LogP contribution in [-0.2, 0) is 14.3 Å². The molecule has 108 valence electrons. The molecule has 1 rings (SSSR count). The summed E-state index contributed by atoms with van der Waals surface area (Å²) in [5, 5.41) is 9.90. The van der Waals surface area contributed by atoms with E-state index < -0.39 is 18.0 Å². The van der Waals surface area contributed by atoms with Crippen molar-refractivity contribution in [2.24, 2.45) is 0 Å². The third-order valence-electron chi connectivity index (χ3n) is 2.56. The minimum Gasteiger partial charge on any atom is -0.346 e. The molecule has 4 nitrogen and oxygen atoms in total. The van der Waals surface area contributed by atoms with Gasteiger partial charge in [0.15, 0.2) is 0 Å². The number of halogens is 2. The highest BCUT2D eigenvalue weighted by Gasteiger charge is 2.29. The predicted molar refractivity (Wildman–Crippen MR) is 76.9 cm³/mol. The molecule has 0 amide bonds. The average molecular weight is 316 g/mol. The van der Waals surface area contributed by atoms with Crippen LogP contribution in [-0.4, -0.2) is 25.3 Å². The molecule has 0 aliphatic rings. The number of nitriles is 1. The third-order valence-corrected chi connectivity index (χ3v) is 3.30. The molecule has 0 aromatic heterocycles. The minimum atomic E-state index is -1.05. The van der Waals surface area contributed by atoms with Gasteiger partial charge in [0.2, 0.25) is 12.1 Å². The summed E-state index contributed by atoms with van der Waals surface area (Å²) in [5.74, 6) is -1.46. The van der Waals surface area contributed by atoms with Gasteiger partial charge in [0, 0.05) is 13.2 Å². The molecule has 0 spiro atoms. The highest BCUT2D eigenvalue weighted by molar-refractivity contribution is 6.42. The lowest BCUT2D eigenvalue weighted by atomic mass is 9.96. The second kappa shape index (κ2) is 8.23. The van der Waals surface area contributed by atoms with E-state index in [1.165, 1.54) is 6.07 Å². The summed E-state index contributed by atoms with van der Waals surface area (Å²) in [6, 6.07) is 6.60. The summed E-state index contributed by atoms with van der Waals surface area (Å²) in [5.41, 5.74) is 0.469. The second-order valence-electron chi connectivity index (χ2n) is 3.88. The van der Waals surface area contributed by atoms with E-state index in [1.807, 2.05) is 6.07 Å². The zero-order valence-corrected chi connectivity index (χ0v) is 12.7. The Hall–Kier alpha value is -1.12. The number of hydrogen-bond donors (Lipinski definition) is 0. The highest BCUT2D eigenvalue weighted by atomic mass is 35.5. The molecular weight excluding hydrogens is 301 g/mol. The smallest absolute Gasteiger partial charge is 0.219 e. The van der Waals surface area contributed by atoms with Crippen molar-refractivity contribution < 1.29 is 14.3 Å². The monoisotopic (exact) mass is 315 g/mol. The second-order valence-corrected chi connectivity index (χ2v) is 4.70. The lowest BCUT2D eigenvalue weighted by Gasteiger charge is -2.18. The van der Waals surface area contributed by atoms with E-state index in [0.717, 1.165) is 0 Å². The van der Waals surface area contributed by atoms with Gasteiger partial charge in [0.1, 0.15) is 5.92 Å². The summed E-state index contributed by atoms with van der Waals surface area (Å²) in [4.78, 5) is 12.3. The van der Waals surface area contributed by atoms with E-state index in [0.29, 0.717) is 28.8 Å². The van der Waals surface area contributed by atoms with Crippen LogP contribution in [0, 0.1) is 11.3 Å². The lowest BCUT2D eigenvalue weighted by molar-refractivity contribution is -0.168. The van der Waals surface area contributed by atoms with Gasteiger partial charge in [-0.2, -0.15) is 5.26 Å². The molecule has 20 heavy (non-hydrogen) atoms. The molecule has 0 aliphatic carbocycles. The van der Waals surface area contributed by atoms with Crippen molar-refractivity contribution in [2.75, 3.05) is 13.2 Å². The Labute approximate surface area is 128 Å². The predicted octanol–water partition coefficient (Wildman–Crippen LogP) is 3.57. The van der Waals surface area contributed by atoms with Gasteiger partial charge in [0.25, 0.3) is 0 Å². The summed E-state index contributed by atoms with van der Waals surface area (Å²) < 4.78 is 10.4. The van der Waals surface area contributed by atoms with Crippen LogP contribution in [0.3, 0.4) is 0 Å². The van der Waals surface area contributed by atoms with Crippen molar-refractivity contribution in [3.05, 3.63) is 33.8 Å². The molecule has 1 aromatic rings. The van der Waals surface area contributed by atoms with Crippen LogP contribution < -0.4 is 0 Å². The number of carbonyl (C=O) groups is 1. The molecule has 0 saturated carbocycles. The Balaban J connectivity index is 3.02. The Bertz CT molecular complexity index is 508. The summed E-state index contributed by atoms with van der Waals surface area (Å²) in [6.45, 7) is 4.13. The van der Waals surface area contributed by atoms with Gasteiger partial charge in [-0.25, -0.2) is 0 Å². The molecule has 1 atom stereocenters. The molecular formula is C14H15Cl2NO3. The van der Waals surface area contributed by atoms with Crippen LogP contribution in [0.2, 0.25) is 10.0 Å². The number of Topliss-reactive ketones (excluding diaryl/α,β-unsaturated/α-hetero) is 1. The number of hydrogen-bond acceptors (Lipinski definition) is 4. The normalized spacial score (nSPS) is 12.2. The number of ether oxygens (including phenoxy) is 2. The Morgan fingerprint density at radius 3 is 2.30 bits per heavy atom. The van der Waals surface area contributed by atoms with Crippen molar-refractivity contribution in [3.63, 3.8) is 0 Å². The van der Waals surface area contributed by atoms with Crippen LogP contribution >= 0.6 is 23.2 Å². The zero-order valence-electron chi connectivity index (χ0n) is 11.2. The Morgan fingerprint density at radius 2 is 1.85 bits per heavy atom. The first-order valence-electron chi connectivity index (χ1n) is 6.16. The maximum atomic E-state index is 12.3. The van der Waals surface area contributed by atoms with Gasteiger partial charge >= 0.3 is 0 Å². The van der Waals surface area contributed by atoms with Gasteiger partial charge < -0.3 is 9.47 Å². The Morgan fingerprint density at radius 1 is 1.25 bits per heavy atom. The molecule has 0 N–H and O–H groups in total. The molecule has 0 saturated heterocycles. The number of benzene rings is 1. The van der Waals surface area contributed by atoms with Gasteiger partial charge in [-0.05, 0) is 31.5 Å². The third kappa shape index (κ3) is 4.19. The average Bonchev–Trinajstić information content (AvgIpc) is 2.43. The van der Waals surface area contributed by atoms with Gasteiger partial charge in [0.05, 0.1) is 16.1 Å². The maximum absolute atomic E-state index is 12.3. The lowest BCUT2D eigenvalue weighted by Crippen LogP contribution is -2.31. The van der Waals surface area contributed by atoms with Crippen molar-refractivity contribution in [1.29, 1.82) is 5.26 Å². The van der Waals surface area contributed by atoms with E-state index >= 15 is 0 Å². The van der Waals surface area contributed by atoms with Crippen LogP contribution in [0.1, 0.15) is 25.3 Å². The Kier molecular flexibility index (Phi) is 6.97. The van der Waals surface area contributed by atoms with Crippen LogP contribution in [0.25, 0.3) is 0 Å². The number of ketones is 1. The van der Waals surface area contributed by atoms with Gasteiger partial charge in [-0.3, -0.25) is 4.79 Å². The molecule has 0 aliphatic heterocycles. The van der Waals surface area contributed by atoms with E-state index in [1.54, 1.807) is 26.0 Å². The molecule has 0 heterocycles. The van der Waals surface area contributed by atoms with Gasteiger partial charge in [-0.1, -0.05) is 29.3 Å². The molecule has 0 fully saturated rings. The summed E-state index contributed by atoms with van der Waals surface area (Å²) in [6.07, 6.45) is -1.05. The number of nitrogens with zero attached hydrogens (tertiary/aromatic N) is 1. The van der Waals surface area contributed by atoms with Crippen molar-refractivity contribution in [2.45, 2.75) is 26.1 Å². The quantitative estimate of drug-likeness (QED) is 0.722. The van der Waals surface area contributed by atoms with Crippen molar-refractivity contribution in [1.82, 2.24) is 0 Å². The molecule has 0 radical (unpaired) electrons. The minimum absolute atomic E-state index is 0.293. The SMILES string of the molecule is CCOC(OCC)C(=O)[C@H](C#N)c1ccc(Cl)c(Cl)c1. The maximum Gasteiger partial charge on any atom is 0.219 e. The number of rotatable bonds is 7. The van der Waals surface area contributed by atoms with Crippen LogP contribution in [0.4, 0.5) is 0 Å². The summed E-state index contributed by atoms with van der Waals surface area (Å²) in [7, 11) is 0. The van der Waals surface area contributed by atoms with E-state index in [-0.39, 0.29) is 0 Å². The standard InChI is InChI=1S/C14H15Cl2NO3/c1-3-19-14(20-4-2)13(18)10(8-17)9-5-6-11(15)12(16)7-9/h5-7,10,14H,3-4H2,1-2H3/t10-/m1/s1. The topological polar surface area (TPSA) is 59.3 Å². The van der Waals surface area contributed by atoms with Crippen LogP contribution in [0.15, 0.2) is 18.2 Å². The van der Waals surface area contributed by atoms with Crippen molar-refractivity contribution >= 4 is 29.0 Å². The largest absolute Gasteiger partial charge is 0.346 e. The van der Waals surface area contributed by atoms with E-state index in [4.69, 9.17) is 32.7 Å². The first-order chi connectivity index (χ1) is 9.54. The fourth-order valence-electron chi connectivity index (χ4n) is 1.65. The molecule has 6 heteroatoms. The van der Waals surface area contributed by atoms with E-state index in [9.17, 15) is 10.1 Å². The fourth-order valence-corrected chi connectivity index (χ4v) is 1.95. The molecule has 0 unspecified atom stereocenters. The molecule has 1 aromatic carbocycles. The van der Waals surface area contributed by atoms with Gasteiger partial charge in [-0.15, -0.1) is 0 Å².